The van der Waals surface area contributed by atoms with Crippen LogP contribution in [0.4, 0.5) is 5.69 Å². The summed E-state index contributed by atoms with van der Waals surface area (Å²) in [5.74, 6) is -0.187. The van der Waals surface area contributed by atoms with Crippen molar-refractivity contribution in [3.05, 3.63) is 71.3 Å². The number of allylic oxidation sites excluding steroid dienone is 1. The number of nitrogens with zero attached hydrogens (tertiary/aromatic N) is 2. The van der Waals surface area contributed by atoms with Crippen LogP contribution in [-0.2, 0) is 0 Å². The van der Waals surface area contributed by atoms with Crippen LogP contribution in [0.25, 0.3) is 6.08 Å². The molecule has 0 aromatic heterocycles. The van der Waals surface area contributed by atoms with Crippen molar-refractivity contribution in [2.75, 3.05) is 0 Å². The highest BCUT2D eigenvalue weighted by Gasteiger charge is 2.18. The summed E-state index contributed by atoms with van der Waals surface area (Å²) in [5.41, 5.74) is 3.02. The van der Waals surface area contributed by atoms with E-state index in [1.165, 1.54) is 0 Å². The second kappa shape index (κ2) is 5.56. The standard InChI is InChI=1S/C18H12N2O/c19-12-14-7-1-3-9-15(14)18(21)17-11-5-8-13-6-2-4-10-16(13)20-17/h1-10H,11H2. The summed E-state index contributed by atoms with van der Waals surface area (Å²) in [4.78, 5) is 17.1. The predicted octanol–water partition coefficient (Wildman–Crippen LogP) is 3.93. The second-order valence-corrected chi connectivity index (χ2v) is 4.71. The van der Waals surface area contributed by atoms with Crippen molar-refractivity contribution in [3.63, 3.8) is 0 Å². The topological polar surface area (TPSA) is 53.2 Å². The third kappa shape index (κ3) is 2.52. The quantitative estimate of drug-likeness (QED) is 0.778. The summed E-state index contributed by atoms with van der Waals surface area (Å²) in [6.45, 7) is 0. The first-order valence-corrected chi connectivity index (χ1v) is 6.66. The number of rotatable bonds is 2. The Labute approximate surface area is 122 Å². The molecule has 0 unspecified atom stereocenters. The predicted molar refractivity (Wildman–Crippen MR) is 82.7 cm³/mol. The number of nitriles is 1. The summed E-state index contributed by atoms with van der Waals surface area (Å²) in [7, 11) is 0. The van der Waals surface area contributed by atoms with Crippen LogP contribution in [-0.4, -0.2) is 11.5 Å². The zero-order chi connectivity index (χ0) is 14.7. The number of carbonyl (C=O) groups excluding carboxylic acids is 1. The molecule has 1 aliphatic rings. The number of aliphatic imine (C=N–C) groups is 1. The monoisotopic (exact) mass is 272 g/mol. The SMILES string of the molecule is N#Cc1ccccc1C(=O)C1=Nc2ccccc2C=CC1. The van der Waals surface area contributed by atoms with Gasteiger partial charge in [0, 0.05) is 12.0 Å². The Hall–Kier alpha value is -2.99. The molecular weight excluding hydrogens is 260 g/mol. The number of para-hydroxylation sites is 1. The van der Waals surface area contributed by atoms with E-state index < -0.39 is 0 Å². The molecule has 0 N–H and O–H groups in total. The molecule has 0 fully saturated rings. The van der Waals surface area contributed by atoms with E-state index in [4.69, 9.17) is 5.26 Å². The van der Waals surface area contributed by atoms with Crippen LogP contribution in [0.2, 0.25) is 0 Å². The lowest BCUT2D eigenvalue weighted by atomic mass is 10.00. The number of carbonyl (C=O) groups is 1. The maximum Gasteiger partial charge on any atom is 0.208 e. The highest BCUT2D eigenvalue weighted by molar-refractivity contribution is 6.47. The van der Waals surface area contributed by atoms with E-state index in [0.29, 0.717) is 23.3 Å². The molecule has 0 atom stereocenters. The van der Waals surface area contributed by atoms with Gasteiger partial charge in [0.25, 0.3) is 0 Å². The fourth-order valence-corrected chi connectivity index (χ4v) is 2.30. The maximum absolute atomic E-state index is 12.6. The van der Waals surface area contributed by atoms with E-state index >= 15 is 0 Å². The summed E-state index contributed by atoms with van der Waals surface area (Å²) in [6.07, 6.45) is 4.36. The molecule has 0 amide bonds. The molecule has 100 valence electrons. The first-order chi connectivity index (χ1) is 10.3. The number of ketones is 1. The van der Waals surface area contributed by atoms with Crippen LogP contribution in [0.5, 0.6) is 0 Å². The van der Waals surface area contributed by atoms with Crippen molar-refractivity contribution in [2.24, 2.45) is 4.99 Å². The minimum atomic E-state index is -0.187. The van der Waals surface area contributed by atoms with Gasteiger partial charge in [-0.2, -0.15) is 5.26 Å². The van der Waals surface area contributed by atoms with Crippen LogP contribution in [0.3, 0.4) is 0 Å². The van der Waals surface area contributed by atoms with E-state index in [-0.39, 0.29) is 5.78 Å². The van der Waals surface area contributed by atoms with Gasteiger partial charge < -0.3 is 0 Å². The van der Waals surface area contributed by atoms with Crippen LogP contribution < -0.4 is 0 Å². The van der Waals surface area contributed by atoms with E-state index in [1.54, 1.807) is 24.3 Å². The summed E-state index contributed by atoms with van der Waals surface area (Å²) >= 11 is 0. The van der Waals surface area contributed by atoms with Crippen LogP contribution in [0, 0.1) is 11.3 Å². The van der Waals surface area contributed by atoms with Gasteiger partial charge >= 0.3 is 0 Å². The fraction of sp³-hybridized carbons (Fsp3) is 0.0556. The van der Waals surface area contributed by atoms with Crippen molar-refractivity contribution in [1.82, 2.24) is 0 Å². The molecule has 0 saturated heterocycles. The first-order valence-electron chi connectivity index (χ1n) is 6.66. The number of hydrogen-bond acceptors (Lipinski definition) is 3. The Bertz CT molecular complexity index is 810. The smallest absolute Gasteiger partial charge is 0.208 e. The normalized spacial score (nSPS) is 12.8. The zero-order valence-electron chi connectivity index (χ0n) is 11.3. The Morgan fingerprint density at radius 1 is 1.10 bits per heavy atom. The van der Waals surface area contributed by atoms with E-state index in [2.05, 4.69) is 11.1 Å². The maximum atomic E-state index is 12.6. The van der Waals surface area contributed by atoms with Crippen molar-refractivity contribution >= 4 is 23.3 Å². The highest BCUT2D eigenvalue weighted by Crippen LogP contribution is 2.24. The summed E-state index contributed by atoms with van der Waals surface area (Å²) in [5, 5.41) is 9.12. The zero-order valence-corrected chi connectivity index (χ0v) is 11.3. The van der Waals surface area contributed by atoms with Crippen LogP contribution in [0.1, 0.15) is 27.9 Å². The van der Waals surface area contributed by atoms with Gasteiger partial charge in [0.1, 0.15) is 0 Å². The van der Waals surface area contributed by atoms with Gasteiger partial charge in [-0.15, -0.1) is 0 Å². The average molecular weight is 272 g/mol. The van der Waals surface area contributed by atoms with Gasteiger partial charge in [-0.1, -0.05) is 42.5 Å². The van der Waals surface area contributed by atoms with Crippen molar-refractivity contribution in [3.8, 4) is 6.07 Å². The third-order valence-corrected chi connectivity index (χ3v) is 3.36. The molecular formula is C18H12N2O. The fourth-order valence-electron chi connectivity index (χ4n) is 2.30. The molecule has 0 aliphatic carbocycles. The van der Waals surface area contributed by atoms with Gasteiger partial charge in [-0.05, 0) is 23.8 Å². The van der Waals surface area contributed by atoms with Gasteiger partial charge in [0.05, 0.1) is 23.0 Å². The molecule has 3 heteroatoms. The minimum absolute atomic E-state index is 0.187. The first kappa shape index (κ1) is 13.0. The Morgan fingerprint density at radius 2 is 1.86 bits per heavy atom. The minimum Gasteiger partial charge on any atom is -0.287 e. The van der Waals surface area contributed by atoms with Crippen LogP contribution in [0.15, 0.2) is 59.6 Å². The lowest BCUT2D eigenvalue weighted by Crippen LogP contribution is -2.14. The Morgan fingerprint density at radius 3 is 2.71 bits per heavy atom. The number of Topliss-reactive ketones (excluding diaryl/α,β-unsaturated/α-hetero) is 1. The van der Waals surface area contributed by atoms with E-state index in [9.17, 15) is 4.79 Å². The second-order valence-electron chi connectivity index (χ2n) is 4.71. The number of hydrogen-bond donors (Lipinski definition) is 0. The molecule has 2 aromatic rings. The van der Waals surface area contributed by atoms with Crippen molar-refractivity contribution in [1.29, 1.82) is 5.26 Å². The molecule has 2 aromatic carbocycles. The van der Waals surface area contributed by atoms with E-state index in [1.807, 2.05) is 36.4 Å². The molecule has 21 heavy (non-hydrogen) atoms. The molecule has 3 nitrogen and oxygen atoms in total. The molecule has 0 radical (unpaired) electrons. The molecule has 0 bridgehead atoms. The third-order valence-electron chi connectivity index (χ3n) is 3.36. The number of benzene rings is 2. The number of fused-ring (bicyclic) bond motifs is 1. The van der Waals surface area contributed by atoms with Crippen molar-refractivity contribution < 1.29 is 4.79 Å². The largest absolute Gasteiger partial charge is 0.287 e. The Balaban J connectivity index is 2.06. The molecule has 1 heterocycles. The lowest BCUT2D eigenvalue weighted by Gasteiger charge is -2.05. The summed E-state index contributed by atoms with van der Waals surface area (Å²) in [6, 6.07) is 16.6. The highest BCUT2D eigenvalue weighted by atomic mass is 16.1. The molecule has 0 saturated carbocycles. The van der Waals surface area contributed by atoms with Gasteiger partial charge in [-0.25, -0.2) is 4.99 Å². The van der Waals surface area contributed by atoms with Crippen LogP contribution >= 0.6 is 0 Å². The van der Waals surface area contributed by atoms with Gasteiger partial charge in [0.2, 0.25) is 5.78 Å². The van der Waals surface area contributed by atoms with Crippen molar-refractivity contribution in [2.45, 2.75) is 6.42 Å². The van der Waals surface area contributed by atoms with Gasteiger partial charge in [0.15, 0.2) is 0 Å². The average Bonchev–Trinajstić information content (AvgIpc) is 2.76. The Kier molecular flexibility index (Phi) is 3.44. The molecule has 0 spiro atoms. The van der Waals surface area contributed by atoms with E-state index in [0.717, 1.165) is 11.3 Å². The molecule has 1 aliphatic heterocycles. The molecule has 3 rings (SSSR count). The van der Waals surface area contributed by atoms with Gasteiger partial charge in [-0.3, -0.25) is 4.79 Å². The lowest BCUT2D eigenvalue weighted by molar-refractivity contribution is 0.106. The summed E-state index contributed by atoms with van der Waals surface area (Å²) < 4.78 is 0.